The Morgan fingerprint density at radius 3 is 2.81 bits per heavy atom. The molecule has 0 aromatic carbocycles. The van der Waals surface area contributed by atoms with Gasteiger partial charge in [0.15, 0.2) is 0 Å². The SMILES string of the molecule is COC(=O)[C@H]1CN(C)C[C@H]1c1ccc(C)o1. The first-order valence-electron chi connectivity index (χ1n) is 5.44. The molecule has 4 nitrogen and oxygen atoms in total. The molecule has 0 saturated carbocycles. The minimum absolute atomic E-state index is 0.111. The van der Waals surface area contributed by atoms with Crippen LogP contribution in [-0.4, -0.2) is 38.1 Å². The number of aryl methyl sites for hydroxylation is 1. The standard InChI is InChI=1S/C12H17NO3/c1-8-4-5-11(16-8)9-6-13(2)7-10(9)12(14)15-3/h4-5,9-10H,6-7H2,1-3H3/t9-,10+/m1/s1. The van der Waals surface area contributed by atoms with Crippen LogP contribution in [0.5, 0.6) is 0 Å². The van der Waals surface area contributed by atoms with Crippen molar-refractivity contribution in [2.75, 3.05) is 27.2 Å². The van der Waals surface area contributed by atoms with Crippen LogP contribution in [0.15, 0.2) is 16.5 Å². The minimum Gasteiger partial charge on any atom is -0.469 e. The zero-order valence-corrected chi connectivity index (χ0v) is 9.90. The Balaban J connectivity index is 2.21. The third-order valence-electron chi connectivity index (χ3n) is 3.13. The monoisotopic (exact) mass is 223 g/mol. The molecule has 0 bridgehead atoms. The van der Waals surface area contributed by atoms with Gasteiger partial charge in [-0.25, -0.2) is 0 Å². The van der Waals surface area contributed by atoms with Gasteiger partial charge in [0.1, 0.15) is 11.5 Å². The molecule has 0 unspecified atom stereocenters. The van der Waals surface area contributed by atoms with Gasteiger partial charge in [-0.2, -0.15) is 0 Å². The molecule has 1 aromatic heterocycles. The molecule has 1 aromatic rings. The van der Waals surface area contributed by atoms with Gasteiger partial charge in [-0.3, -0.25) is 4.79 Å². The van der Waals surface area contributed by atoms with Crippen LogP contribution in [0.1, 0.15) is 17.4 Å². The van der Waals surface area contributed by atoms with Crippen molar-refractivity contribution in [3.8, 4) is 0 Å². The van der Waals surface area contributed by atoms with Crippen molar-refractivity contribution in [2.45, 2.75) is 12.8 Å². The zero-order chi connectivity index (χ0) is 11.7. The van der Waals surface area contributed by atoms with E-state index in [1.165, 1.54) is 7.11 Å². The average Bonchev–Trinajstić information content (AvgIpc) is 2.83. The zero-order valence-electron chi connectivity index (χ0n) is 9.90. The summed E-state index contributed by atoms with van der Waals surface area (Å²) in [7, 11) is 3.44. The quantitative estimate of drug-likeness (QED) is 0.711. The van der Waals surface area contributed by atoms with E-state index in [4.69, 9.17) is 9.15 Å². The number of hydrogen-bond acceptors (Lipinski definition) is 4. The van der Waals surface area contributed by atoms with Gasteiger partial charge >= 0.3 is 5.97 Å². The Morgan fingerprint density at radius 1 is 1.50 bits per heavy atom. The molecule has 1 saturated heterocycles. The maximum Gasteiger partial charge on any atom is 0.310 e. The summed E-state index contributed by atoms with van der Waals surface area (Å²) in [6, 6.07) is 3.89. The van der Waals surface area contributed by atoms with Crippen molar-refractivity contribution in [1.29, 1.82) is 0 Å². The summed E-state index contributed by atoms with van der Waals surface area (Å²) in [5.41, 5.74) is 0. The van der Waals surface area contributed by atoms with E-state index < -0.39 is 0 Å². The third kappa shape index (κ3) is 1.97. The molecule has 0 N–H and O–H groups in total. The second-order valence-corrected chi connectivity index (χ2v) is 4.41. The molecule has 16 heavy (non-hydrogen) atoms. The summed E-state index contributed by atoms with van der Waals surface area (Å²) >= 11 is 0. The van der Waals surface area contributed by atoms with Crippen molar-refractivity contribution in [2.24, 2.45) is 5.92 Å². The molecule has 0 aliphatic carbocycles. The maximum atomic E-state index is 11.7. The van der Waals surface area contributed by atoms with Crippen molar-refractivity contribution < 1.29 is 13.9 Å². The molecule has 4 heteroatoms. The van der Waals surface area contributed by atoms with Crippen molar-refractivity contribution in [3.05, 3.63) is 23.7 Å². The smallest absolute Gasteiger partial charge is 0.310 e. The van der Waals surface area contributed by atoms with Gasteiger partial charge in [-0.05, 0) is 26.1 Å². The van der Waals surface area contributed by atoms with E-state index in [0.29, 0.717) is 0 Å². The lowest BCUT2D eigenvalue weighted by Gasteiger charge is -2.13. The summed E-state index contributed by atoms with van der Waals surface area (Å²) in [4.78, 5) is 13.8. The Bertz CT molecular complexity index is 385. The number of nitrogens with zero attached hydrogens (tertiary/aromatic N) is 1. The van der Waals surface area contributed by atoms with E-state index in [2.05, 4.69) is 4.90 Å². The van der Waals surface area contributed by atoms with Gasteiger partial charge in [0.05, 0.1) is 13.0 Å². The van der Waals surface area contributed by atoms with Crippen LogP contribution in [0.4, 0.5) is 0 Å². The molecular weight excluding hydrogens is 206 g/mol. The maximum absolute atomic E-state index is 11.7. The van der Waals surface area contributed by atoms with Crippen LogP contribution in [-0.2, 0) is 9.53 Å². The van der Waals surface area contributed by atoms with Crippen LogP contribution in [0.25, 0.3) is 0 Å². The first-order valence-corrected chi connectivity index (χ1v) is 5.44. The number of ether oxygens (including phenoxy) is 1. The lowest BCUT2D eigenvalue weighted by Crippen LogP contribution is -2.23. The minimum atomic E-state index is -0.150. The van der Waals surface area contributed by atoms with E-state index in [9.17, 15) is 4.79 Å². The number of furan rings is 1. The van der Waals surface area contributed by atoms with Crippen LogP contribution < -0.4 is 0 Å². The van der Waals surface area contributed by atoms with E-state index in [0.717, 1.165) is 24.6 Å². The predicted molar refractivity (Wildman–Crippen MR) is 59.2 cm³/mol. The Kier molecular flexibility index (Phi) is 3.01. The summed E-state index contributed by atoms with van der Waals surface area (Å²) in [6.45, 7) is 3.49. The normalized spacial score (nSPS) is 25.9. The molecule has 88 valence electrons. The molecule has 2 rings (SSSR count). The Morgan fingerprint density at radius 2 is 2.25 bits per heavy atom. The summed E-state index contributed by atoms with van der Waals surface area (Å²) < 4.78 is 10.4. The lowest BCUT2D eigenvalue weighted by atomic mass is 9.94. The number of carbonyl (C=O) groups is 1. The number of likely N-dealkylation sites (tertiary alicyclic amines) is 1. The molecule has 2 atom stereocenters. The van der Waals surface area contributed by atoms with Crippen molar-refractivity contribution in [3.63, 3.8) is 0 Å². The highest BCUT2D eigenvalue weighted by atomic mass is 16.5. The number of rotatable bonds is 2. The average molecular weight is 223 g/mol. The summed E-state index contributed by atoms with van der Waals surface area (Å²) in [6.07, 6.45) is 0. The molecular formula is C12H17NO3. The van der Waals surface area contributed by atoms with Crippen molar-refractivity contribution >= 4 is 5.97 Å². The Hall–Kier alpha value is -1.29. The van der Waals surface area contributed by atoms with E-state index in [-0.39, 0.29) is 17.8 Å². The first kappa shape index (κ1) is 11.2. The molecule has 1 aliphatic rings. The largest absolute Gasteiger partial charge is 0.469 e. The molecule has 0 spiro atoms. The van der Waals surface area contributed by atoms with Gasteiger partial charge in [-0.15, -0.1) is 0 Å². The van der Waals surface area contributed by atoms with Crippen LogP contribution >= 0.6 is 0 Å². The third-order valence-corrected chi connectivity index (χ3v) is 3.13. The topological polar surface area (TPSA) is 42.7 Å². The number of hydrogen-bond donors (Lipinski definition) is 0. The van der Waals surface area contributed by atoms with Crippen LogP contribution in [0.2, 0.25) is 0 Å². The fourth-order valence-corrected chi connectivity index (χ4v) is 2.33. The van der Waals surface area contributed by atoms with Gasteiger partial charge in [0.2, 0.25) is 0 Å². The van der Waals surface area contributed by atoms with Crippen LogP contribution in [0, 0.1) is 12.8 Å². The number of methoxy groups -OCH3 is 1. The molecule has 0 radical (unpaired) electrons. The lowest BCUT2D eigenvalue weighted by molar-refractivity contribution is -0.145. The predicted octanol–water partition coefficient (Wildman–Crippen LogP) is 1.41. The molecule has 1 aliphatic heterocycles. The number of esters is 1. The summed E-state index contributed by atoms with van der Waals surface area (Å²) in [5, 5.41) is 0. The van der Waals surface area contributed by atoms with E-state index in [1.807, 2.05) is 26.1 Å². The second-order valence-electron chi connectivity index (χ2n) is 4.41. The highest BCUT2D eigenvalue weighted by Gasteiger charge is 2.39. The van der Waals surface area contributed by atoms with E-state index >= 15 is 0 Å². The number of carbonyl (C=O) groups excluding carboxylic acids is 1. The molecule has 2 heterocycles. The van der Waals surface area contributed by atoms with Gasteiger partial charge in [0, 0.05) is 19.0 Å². The number of likely N-dealkylation sites (N-methyl/N-ethyl adjacent to an activating group) is 1. The highest BCUT2D eigenvalue weighted by molar-refractivity contribution is 5.74. The molecule has 0 amide bonds. The van der Waals surface area contributed by atoms with Crippen molar-refractivity contribution in [1.82, 2.24) is 4.90 Å². The fourth-order valence-electron chi connectivity index (χ4n) is 2.33. The van der Waals surface area contributed by atoms with Gasteiger partial charge < -0.3 is 14.1 Å². The fraction of sp³-hybridized carbons (Fsp3) is 0.583. The Labute approximate surface area is 95.2 Å². The van der Waals surface area contributed by atoms with Gasteiger partial charge in [0.25, 0.3) is 0 Å². The highest BCUT2D eigenvalue weighted by Crippen LogP contribution is 2.33. The first-order chi connectivity index (χ1) is 7.61. The van der Waals surface area contributed by atoms with Gasteiger partial charge in [-0.1, -0.05) is 0 Å². The van der Waals surface area contributed by atoms with E-state index in [1.54, 1.807) is 0 Å². The second kappa shape index (κ2) is 4.29. The summed E-state index contributed by atoms with van der Waals surface area (Å²) in [5.74, 6) is 1.63. The molecule has 1 fully saturated rings. The van der Waals surface area contributed by atoms with Crippen LogP contribution in [0.3, 0.4) is 0 Å².